The van der Waals surface area contributed by atoms with Gasteiger partial charge in [0.2, 0.25) is 0 Å². The Labute approximate surface area is 154 Å². The van der Waals surface area contributed by atoms with Crippen LogP contribution in [0.5, 0.6) is 17.2 Å². The van der Waals surface area contributed by atoms with Gasteiger partial charge < -0.3 is 14.2 Å². The Kier molecular flexibility index (Phi) is 7.14. The van der Waals surface area contributed by atoms with Gasteiger partial charge in [-0.2, -0.15) is 0 Å². The summed E-state index contributed by atoms with van der Waals surface area (Å²) in [7, 11) is 3.24. The number of rotatable bonds is 8. The van der Waals surface area contributed by atoms with Crippen molar-refractivity contribution in [3.05, 3.63) is 47.0 Å². The highest BCUT2D eigenvalue weighted by molar-refractivity contribution is 6.30. The van der Waals surface area contributed by atoms with Gasteiger partial charge in [-0.05, 0) is 54.3 Å². The molecule has 2 rings (SSSR count). The van der Waals surface area contributed by atoms with Gasteiger partial charge in [0, 0.05) is 11.2 Å². The molecule has 0 radical (unpaired) electrons. The summed E-state index contributed by atoms with van der Waals surface area (Å²) in [6.07, 6.45) is 2.75. The SMILES string of the molecule is COc1ccc(Cl)cc1N=Cc1ccc(OCCC(C)C)c(OC)c1. The molecule has 0 saturated heterocycles. The highest BCUT2D eigenvalue weighted by atomic mass is 35.5. The second-order valence-electron chi connectivity index (χ2n) is 6.02. The lowest BCUT2D eigenvalue weighted by Gasteiger charge is -2.12. The number of hydrogen-bond acceptors (Lipinski definition) is 4. The molecule has 25 heavy (non-hydrogen) atoms. The first kappa shape index (κ1) is 19.1. The van der Waals surface area contributed by atoms with Crippen LogP contribution in [0.15, 0.2) is 41.4 Å². The van der Waals surface area contributed by atoms with Crippen LogP contribution in [0.1, 0.15) is 25.8 Å². The van der Waals surface area contributed by atoms with Gasteiger partial charge in [-0.1, -0.05) is 25.4 Å². The summed E-state index contributed by atoms with van der Waals surface area (Å²) in [6, 6.07) is 11.1. The molecule has 4 nitrogen and oxygen atoms in total. The molecule has 0 saturated carbocycles. The van der Waals surface area contributed by atoms with E-state index in [0.717, 1.165) is 17.7 Å². The molecule has 0 unspecified atom stereocenters. The minimum Gasteiger partial charge on any atom is -0.494 e. The molecular formula is C20H24ClNO3. The summed E-state index contributed by atoms with van der Waals surface area (Å²) in [5, 5.41) is 0.611. The Morgan fingerprint density at radius 2 is 1.72 bits per heavy atom. The van der Waals surface area contributed by atoms with Crippen LogP contribution in [0.3, 0.4) is 0 Å². The third-order valence-corrected chi connectivity index (χ3v) is 3.87. The molecule has 5 heteroatoms. The highest BCUT2D eigenvalue weighted by Crippen LogP contribution is 2.31. The van der Waals surface area contributed by atoms with Crippen LogP contribution < -0.4 is 14.2 Å². The molecular weight excluding hydrogens is 338 g/mol. The van der Waals surface area contributed by atoms with Crippen LogP contribution >= 0.6 is 11.6 Å². The third kappa shape index (κ3) is 5.68. The molecule has 2 aromatic carbocycles. The van der Waals surface area contributed by atoms with Crippen molar-refractivity contribution >= 4 is 23.5 Å². The fourth-order valence-electron chi connectivity index (χ4n) is 2.20. The van der Waals surface area contributed by atoms with Crippen LogP contribution in [0.25, 0.3) is 0 Å². The molecule has 0 aliphatic carbocycles. The van der Waals surface area contributed by atoms with Gasteiger partial charge in [0.15, 0.2) is 11.5 Å². The maximum atomic E-state index is 6.03. The van der Waals surface area contributed by atoms with Gasteiger partial charge in [-0.25, -0.2) is 0 Å². The first-order chi connectivity index (χ1) is 12.0. The van der Waals surface area contributed by atoms with Crippen LogP contribution in [0, 0.1) is 5.92 Å². The molecule has 0 amide bonds. The highest BCUT2D eigenvalue weighted by Gasteiger charge is 2.06. The number of aliphatic imine (C=N–C) groups is 1. The summed E-state index contributed by atoms with van der Waals surface area (Å²) in [6.45, 7) is 5.01. The van der Waals surface area contributed by atoms with E-state index in [1.807, 2.05) is 18.2 Å². The minimum atomic E-state index is 0.602. The van der Waals surface area contributed by atoms with Crippen molar-refractivity contribution in [2.24, 2.45) is 10.9 Å². The summed E-state index contributed by atoms with van der Waals surface area (Å²) in [4.78, 5) is 4.47. The van der Waals surface area contributed by atoms with Gasteiger partial charge in [-0.3, -0.25) is 4.99 Å². The smallest absolute Gasteiger partial charge is 0.161 e. The second-order valence-corrected chi connectivity index (χ2v) is 6.45. The molecule has 0 N–H and O–H groups in total. The van der Waals surface area contributed by atoms with E-state index in [1.54, 1.807) is 38.6 Å². The number of benzene rings is 2. The monoisotopic (exact) mass is 361 g/mol. The van der Waals surface area contributed by atoms with Gasteiger partial charge in [0.1, 0.15) is 11.4 Å². The third-order valence-electron chi connectivity index (χ3n) is 3.63. The Morgan fingerprint density at radius 1 is 1.00 bits per heavy atom. The predicted molar refractivity (Wildman–Crippen MR) is 103 cm³/mol. The average molecular weight is 362 g/mol. The molecule has 2 aromatic rings. The Bertz CT molecular complexity index is 729. The normalized spacial score (nSPS) is 11.1. The van der Waals surface area contributed by atoms with Crippen LogP contribution in [-0.2, 0) is 0 Å². The standard InChI is InChI=1S/C20H24ClNO3/c1-14(2)9-10-25-19-7-5-15(11-20(19)24-4)13-22-17-12-16(21)6-8-18(17)23-3/h5-8,11-14H,9-10H2,1-4H3. The van der Waals surface area contributed by atoms with Crippen LogP contribution in [0.2, 0.25) is 5.02 Å². The number of halogens is 1. The van der Waals surface area contributed by atoms with E-state index in [9.17, 15) is 0 Å². The van der Waals surface area contributed by atoms with E-state index < -0.39 is 0 Å². The summed E-state index contributed by atoms with van der Waals surface area (Å²) >= 11 is 6.03. The molecule has 0 heterocycles. The van der Waals surface area contributed by atoms with E-state index >= 15 is 0 Å². The largest absolute Gasteiger partial charge is 0.494 e. The fraction of sp³-hybridized carbons (Fsp3) is 0.350. The zero-order valence-electron chi connectivity index (χ0n) is 15.1. The molecule has 0 aromatic heterocycles. The Morgan fingerprint density at radius 3 is 2.40 bits per heavy atom. The first-order valence-electron chi connectivity index (χ1n) is 8.22. The molecule has 0 fully saturated rings. The van der Waals surface area contributed by atoms with Crippen molar-refractivity contribution < 1.29 is 14.2 Å². The molecule has 0 aliphatic rings. The zero-order chi connectivity index (χ0) is 18.2. The lowest BCUT2D eigenvalue weighted by Crippen LogP contribution is -2.03. The summed E-state index contributed by atoms with van der Waals surface area (Å²) in [5.41, 5.74) is 1.57. The van der Waals surface area contributed by atoms with Gasteiger partial charge in [0.25, 0.3) is 0 Å². The van der Waals surface area contributed by atoms with Crippen LogP contribution in [-0.4, -0.2) is 27.0 Å². The first-order valence-corrected chi connectivity index (χ1v) is 8.59. The van der Waals surface area contributed by atoms with Gasteiger partial charge in [0.05, 0.1) is 20.8 Å². The number of nitrogens with zero attached hydrogens (tertiary/aromatic N) is 1. The van der Waals surface area contributed by atoms with Crippen molar-refractivity contribution in [3.8, 4) is 17.2 Å². The summed E-state index contributed by atoms with van der Waals surface area (Å²) in [5.74, 6) is 2.69. The van der Waals surface area contributed by atoms with Crippen molar-refractivity contribution in [3.63, 3.8) is 0 Å². The van der Waals surface area contributed by atoms with Gasteiger partial charge in [-0.15, -0.1) is 0 Å². The molecule has 0 spiro atoms. The van der Waals surface area contributed by atoms with E-state index in [4.69, 9.17) is 25.8 Å². The molecule has 0 bridgehead atoms. The van der Waals surface area contributed by atoms with Crippen molar-refractivity contribution in [2.45, 2.75) is 20.3 Å². The zero-order valence-corrected chi connectivity index (χ0v) is 15.8. The second kappa shape index (κ2) is 9.33. The van der Waals surface area contributed by atoms with E-state index in [1.165, 1.54) is 0 Å². The Balaban J connectivity index is 2.16. The van der Waals surface area contributed by atoms with Crippen molar-refractivity contribution in [1.29, 1.82) is 0 Å². The lowest BCUT2D eigenvalue weighted by atomic mass is 10.1. The molecule has 0 aliphatic heterocycles. The number of methoxy groups -OCH3 is 2. The molecule has 134 valence electrons. The van der Waals surface area contributed by atoms with E-state index in [-0.39, 0.29) is 0 Å². The minimum absolute atomic E-state index is 0.602. The average Bonchev–Trinajstić information content (AvgIpc) is 2.60. The van der Waals surface area contributed by atoms with E-state index in [2.05, 4.69) is 18.8 Å². The van der Waals surface area contributed by atoms with Crippen LogP contribution in [0.4, 0.5) is 5.69 Å². The number of hydrogen-bond donors (Lipinski definition) is 0. The number of ether oxygens (including phenoxy) is 3. The van der Waals surface area contributed by atoms with Gasteiger partial charge >= 0.3 is 0 Å². The van der Waals surface area contributed by atoms with Crippen molar-refractivity contribution in [1.82, 2.24) is 0 Å². The predicted octanol–water partition coefficient (Wildman–Crippen LogP) is 5.53. The van der Waals surface area contributed by atoms with Crippen molar-refractivity contribution in [2.75, 3.05) is 20.8 Å². The molecule has 0 atom stereocenters. The van der Waals surface area contributed by atoms with E-state index in [0.29, 0.717) is 34.7 Å². The topological polar surface area (TPSA) is 40.0 Å². The lowest BCUT2D eigenvalue weighted by molar-refractivity contribution is 0.273. The maximum absolute atomic E-state index is 6.03. The maximum Gasteiger partial charge on any atom is 0.161 e. The quantitative estimate of drug-likeness (QED) is 0.580. The fourth-order valence-corrected chi connectivity index (χ4v) is 2.36. The Hall–Kier alpha value is -2.20. The summed E-state index contributed by atoms with van der Waals surface area (Å²) < 4.78 is 16.5.